The van der Waals surface area contributed by atoms with Gasteiger partial charge in [-0.05, 0) is 56.2 Å². The van der Waals surface area contributed by atoms with E-state index < -0.39 is 11.7 Å². The Hall–Kier alpha value is -3.52. The number of nitrogens with two attached hydrogens (primary N) is 1. The third kappa shape index (κ3) is 4.39. The second kappa shape index (κ2) is 8.78. The summed E-state index contributed by atoms with van der Waals surface area (Å²) in [5.74, 6) is -2.20. The summed E-state index contributed by atoms with van der Waals surface area (Å²) in [7, 11) is 0. The number of benzene rings is 2. The molecule has 1 aromatic heterocycles. The van der Waals surface area contributed by atoms with Crippen molar-refractivity contribution in [2.45, 2.75) is 39.4 Å². The zero-order valence-electron chi connectivity index (χ0n) is 18.9. The van der Waals surface area contributed by atoms with Crippen LogP contribution in [0.5, 0.6) is 0 Å². The maximum Gasteiger partial charge on any atom is 0.289 e. The fraction of sp³-hybridized carbons (Fsp3) is 0.320. The number of hydrogen-bond donors (Lipinski definition) is 2. The molecule has 0 spiro atoms. The van der Waals surface area contributed by atoms with Gasteiger partial charge >= 0.3 is 0 Å². The Bertz CT molecular complexity index is 1230. The quantitative estimate of drug-likeness (QED) is 0.461. The highest BCUT2D eigenvalue weighted by atomic mass is 19.1. The monoisotopic (exact) mass is 450 g/mol. The van der Waals surface area contributed by atoms with Crippen molar-refractivity contribution in [3.63, 3.8) is 0 Å². The molecule has 0 aliphatic carbocycles. The summed E-state index contributed by atoms with van der Waals surface area (Å²) in [5, 5.41) is 0.503. The van der Waals surface area contributed by atoms with Gasteiger partial charge in [-0.2, -0.15) is 0 Å². The van der Waals surface area contributed by atoms with E-state index in [4.69, 9.17) is 5.73 Å². The minimum Gasteiger partial charge on any atom is -0.363 e. The first kappa shape index (κ1) is 22.7. The number of aryl methyl sites for hydroxylation is 1. The average Bonchev–Trinajstić information content (AvgIpc) is 3.18. The predicted octanol–water partition coefficient (Wildman–Crippen LogP) is 3.02. The number of primary amides is 1. The molecule has 172 valence electrons. The SMILES string of the molecule is Cc1cc2[nH]cc(C(=O)C(N)=O)c2cc1C(=O)N1C[C@H](C)N(Cc2ccc(F)cc2)C[C@H]1C. The van der Waals surface area contributed by atoms with E-state index in [0.29, 0.717) is 36.1 Å². The molecule has 0 saturated carbocycles. The minimum absolute atomic E-state index is 0.0396. The third-order valence-corrected chi connectivity index (χ3v) is 6.40. The normalized spacial score (nSPS) is 19.1. The Morgan fingerprint density at radius 1 is 1.06 bits per heavy atom. The number of Topliss-reactive ketones (excluding diaryl/α,β-unsaturated/α-hetero) is 1. The van der Waals surface area contributed by atoms with Crippen LogP contribution in [0.4, 0.5) is 4.39 Å². The lowest BCUT2D eigenvalue weighted by Crippen LogP contribution is -2.57. The van der Waals surface area contributed by atoms with E-state index in [1.54, 1.807) is 24.3 Å². The van der Waals surface area contributed by atoms with Crippen molar-refractivity contribution in [3.8, 4) is 0 Å². The number of aromatic nitrogens is 1. The van der Waals surface area contributed by atoms with E-state index in [0.717, 1.165) is 11.1 Å². The van der Waals surface area contributed by atoms with Gasteiger partial charge in [-0.3, -0.25) is 19.3 Å². The molecule has 4 rings (SSSR count). The largest absolute Gasteiger partial charge is 0.363 e. The van der Waals surface area contributed by atoms with Crippen molar-refractivity contribution in [2.75, 3.05) is 13.1 Å². The van der Waals surface area contributed by atoms with Crippen LogP contribution in [0.15, 0.2) is 42.6 Å². The molecule has 2 aromatic carbocycles. The minimum atomic E-state index is -1.04. The molecule has 3 aromatic rings. The number of amides is 2. The Morgan fingerprint density at radius 3 is 2.42 bits per heavy atom. The van der Waals surface area contributed by atoms with Gasteiger partial charge in [-0.25, -0.2) is 4.39 Å². The summed E-state index contributed by atoms with van der Waals surface area (Å²) in [6, 6.07) is 10.0. The van der Waals surface area contributed by atoms with E-state index in [2.05, 4.69) is 16.8 Å². The Balaban J connectivity index is 1.57. The molecular formula is C25H27FN4O3. The van der Waals surface area contributed by atoms with Crippen molar-refractivity contribution in [1.29, 1.82) is 0 Å². The molecule has 2 amide bonds. The highest BCUT2D eigenvalue weighted by molar-refractivity contribution is 6.44. The van der Waals surface area contributed by atoms with Crippen LogP contribution in [-0.2, 0) is 11.3 Å². The first-order valence-corrected chi connectivity index (χ1v) is 10.9. The molecule has 1 fully saturated rings. The second-order valence-corrected chi connectivity index (χ2v) is 8.82. The summed E-state index contributed by atoms with van der Waals surface area (Å²) in [5.41, 5.74) is 8.30. The molecule has 2 atom stereocenters. The standard InChI is InChI=1S/C25H27FN4O3/c1-14-8-22-20(21(10-28-22)23(31)24(27)32)9-19(14)25(33)30-12-15(2)29(11-16(30)3)13-17-4-6-18(26)7-5-17/h4-10,15-16,28H,11-13H2,1-3H3,(H2,27,32)/t15-,16+/m0/s1. The molecule has 2 heterocycles. The highest BCUT2D eigenvalue weighted by Crippen LogP contribution is 2.26. The molecule has 33 heavy (non-hydrogen) atoms. The van der Waals surface area contributed by atoms with Crippen molar-refractivity contribution < 1.29 is 18.8 Å². The number of piperazine rings is 1. The predicted molar refractivity (Wildman–Crippen MR) is 123 cm³/mol. The first-order chi connectivity index (χ1) is 15.7. The van der Waals surface area contributed by atoms with Gasteiger partial charge in [-0.15, -0.1) is 0 Å². The number of H-pyrrole nitrogens is 1. The molecule has 1 aliphatic rings. The lowest BCUT2D eigenvalue weighted by atomic mass is 9.99. The fourth-order valence-corrected chi connectivity index (χ4v) is 4.51. The van der Waals surface area contributed by atoms with E-state index in [1.165, 1.54) is 18.3 Å². The third-order valence-electron chi connectivity index (χ3n) is 6.40. The van der Waals surface area contributed by atoms with Gasteiger partial charge in [0.15, 0.2) is 0 Å². The summed E-state index contributed by atoms with van der Waals surface area (Å²) in [6.07, 6.45) is 1.45. The van der Waals surface area contributed by atoms with E-state index in [9.17, 15) is 18.8 Å². The zero-order valence-corrected chi connectivity index (χ0v) is 18.9. The van der Waals surface area contributed by atoms with Gasteiger partial charge < -0.3 is 15.6 Å². The molecular weight excluding hydrogens is 423 g/mol. The number of carbonyl (C=O) groups is 3. The van der Waals surface area contributed by atoms with Gasteiger partial charge in [0.2, 0.25) is 0 Å². The lowest BCUT2D eigenvalue weighted by molar-refractivity contribution is -0.114. The molecule has 0 unspecified atom stereocenters. The number of ketones is 1. The first-order valence-electron chi connectivity index (χ1n) is 10.9. The Kier molecular flexibility index (Phi) is 6.03. The van der Waals surface area contributed by atoms with E-state index in [-0.39, 0.29) is 29.4 Å². The maximum atomic E-state index is 13.5. The topological polar surface area (TPSA) is 99.5 Å². The van der Waals surface area contributed by atoms with Gasteiger partial charge in [0.25, 0.3) is 17.6 Å². The van der Waals surface area contributed by atoms with Crippen LogP contribution in [-0.4, -0.2) is 57.6 Å². The van der Waals surface area contributed by atoms with E-state index in [1.807, 2.05) is 18.7 Å². The van der Waals surface area contributed by atoms with Crippen LogP contribution in [0, 0.1) is 12.7 Å². The zero-order chi connectivity index (χ0) is 23.9. The summed E-state index contributed by atoms with van der Waals surface area (Å²) in [4.78, 5) is 44.2. The lowest BCUT2D eigenvalue weighted by Gasteiger charge is -2.44. The van der Waals surface area contributed by atoms with Crippen LogP contribution in [0.25, 0.3) is 10.9 Å². The molecule has 3 N–H and O–H groups in total. The Labute approximate surface area is 191 Å². The van der Waals surface area contributed by atoms with Crippen LogP contribution < -0.4 is 5.73 Å². The number of nitrogens with zero attached hydrogens (tertiary/aromatic N) is 2. The van der Waals surface area contributed by atoms with Crippen molar-refractivity contribution in [1.82, 2.24) is 14.8 Å². The molecule has 1 aliphatic heterocycles. The van der Waals surface area contributed by atoms with Crippen LogP contribution in [0.1, 0.15) is 45.7 Å². The summed E-state index contributed by atoms with van der Waals surface area (Å²) in [6.45, 7) is 7.83. The van der Waals surface area contributed by atoms with Gasteiger partial charge in [0, 0.05) is 54.4 Å². The number of halogens is 1. The maximum absolute atomic E-state index is 13.5. The summed E-state index contributed by atoms with van der Waals surface area (Å²) < 4.78 is 13.2. The smallest absolute Gasteiger partial charge is 0.289 e. The van der Waals surface area contributed by atoms with Gasteiger partial charge in [0.05, 0.1) is 5.56 Å². The molecule has 1 saturated heterocycles. The second-order valence-electron chi connectivity index (χ2n) is 8.82. The number of nitrogens with one attached hydrogen (secondary N) is 1. The van der Waals surface area contributed by atoms with E-state index >= 15 is 0 Å². The molecule has 7 nitrogen and oxygen atoms in total. The van der Waals surface area contributed by atoms with Crippen LogP contribution >= 0.6 is 0 Å². The number of aromatic amines is 1. The van der Waals surface area contributed by atoms with Gasteiger partial charge in [-0.1, -0.05) is 12.1 Å². The average molecular weight is 451 g/mol. The van der Waals surface area contributed by atoms with Crippen molar-refractivity contribution >= 4 is 28.5 Å². The van der Waals surface area contributed by atoms with Crippen molar-refractivity contribution in [2.24, 2.45) is 5.73 Å². The number of fused-ring (bicyclic) bond motifs is 1. The van der Waals surface area contributed by atoms with Crippen molar-refractivity contribution in [3.05, 3.63) is 70.7 Å². The molecule has 0 bridgehead atoms. The van der Waals surface area contributed by atoms with Gasteiger partial charge in [0.1, 0.15) is 5.82 Å². The molecule has 0 radical (unpaired) electrons. The summed E-state index contributed by atoms with van der Waals surface area (Å²) >= 11 is 0. The number of hydrogen-bond acceptors (Lipinski definition) is 4. The number of rotatable bonds is 5. The Morgan fingerprint density at radius 2 is 1.76 bits per heavy atom. The molecule has 8 heteroatoms. The van der Waals surface area contributed by atoms with Crippen LogP contribution in [0.2, 0.25) is 0 Å². The highest BCUT2D eigenvalue weighted by Gasteiger charge is 2.33. The van der Waals surface area contributed by atoms with Crippen LogP contribution in [0.3, 0.4) is 0 Å². The fourth-order valence-electron chi connectivity index (χ4n) is 4.51. The number of carbonyl (C=O) groups excluding carboxylic acids is 3.